The second-order valence-electron chi connectivity index (χ2n) is 8.94. The molecule has 0 aromatic carbocycles. The van der Waals surface area contributed by atoms with E-state index < -0.39 is 17.9 Å². The van der Waals surface area contributed by atoms with Crippen molar-refractivity contribution in [1.82, 2.24) is 5.32 Å². The number of carbonyl (C=O) groups excluding carboxylic acids is 4. The van der Waals surface area contributed by atoms with Crippen LogP contribution in [0.1, 0.15) is 73.1 Å². The standard InChI is InChI=1S/C22H40N4O4/c1-14(2)9-18(11-16(5)28)21(30)26-19(10-15(3)4)20(29)12-17(13-27)7-6-8-25-22(23)24/h13-15,17-19H,6-12H2,1-5H3,(H,26,30)(H4,23,24,25)/t17-,18-,19+/m1/s1. The summed E-state index contributed by atoms with van der Waals surface area (Å²) in [4.78, 5) is 52.6. The molecule has 0 spiro atoms. The van der Waals surface area contributed by atoms with E-state index in [4.69, 9.17) is 11.5 Å². The Morgan fingerprint density at radius 1 is 1.00 bits per heavy atom. The van der Waals surface area contributed by atoms with E-state index in [1.54, 1.807) is 0 Å². The highest BCUT2D eigenvalue weighted by molar-refractivity contribution is 5.92. The number of hydrogen-bond donors (Lipinski definition) is 3. The van der Waals surface area contributed by atoms with Crippen molar-refractivity contribution >= 4 is 29.7 Å². The van der Waals surface area contributed by atoms with Gasteiger partial charge in [0, 0.05) is 31.2 Å². The smallest absolute Gasteiger partial charge is 0.224 e. The summed E-state index contributed by atoms with van der Waals surface area (Å²) < 4.78 is 0. The Hall–Kier alpha value is -2.25. The molecule has 0 aliphatic heterocycles. The first-order valence-corrected chi connectivity index (χ1v) is 10.8. The molecule has 0 heterocycles. The summed E-state index contributed by atoms with van der Waals surface area (Å²) in [5, 5.41) is 2.86. The zero-order chi connectivity index (χ0) is 23.3. The maximum atomic E-state index is 12.9. The molecule has 0 aromatic heterocycles. The minimum absolute atomic E-state index is 0.00467. The number of aliphatic imine (C=N–C) groups is 1. The van der Waals surface area contributed by atoms with Crippen LogP contribution in [0.5, 0.6) is 0 Å². The van der Waals surface area contributed by atoms with Gasteiger partial charge in [-0.3, -0.25) is 14.6 Å². The molecule has 5 N–H and O–H groups in total. The first-order chi connectivity index (χ1) is 14.0. The van der Waals surface area contributed by atoms with E-state index in [1.807, 2.05) is 27.7 Å². The number of amides is 1. The van der Waals surface area contributed by atoms with E-state index in [9.17, 15) is 19.2 Å². The van der Waals surface area contributed by atoms with Gasteiger partial charge in [-0.05, 0) is 44.4 Å². The van der Waals surface area contributed by atoms with Crippen LogP contribution in [0.25, 0.3) is 0 Å². The predicted octanol–water partition coefficient (Wildman–Crippen LogP) is 1.99. The molecule has 0 saturated heterocycles. The second-order valence-corrected chi connectivity index (χ2v) is 8.94. The van der Waals surface area contributed by atoms with Crippen LogP contribution in [0.2, 0.25) is 0 Å². The molecule has 0 aliphatic carbocycles. The highest BCUT2D eigenvalue weighted by Crippen LogP contribution is 2.19. The third-order valence-electron chi connectivity index (χ3n) is 4.76. The molecule has 30 heavy (non-hydrogen) atoms. The van der Waals surface area contributed by atoms with Gasteiger partial charge in [0.25, 0.3) is 0 Å². The molecule has 3 atom stereocenters. The summed E-state index contributed by atoms with van der Waals surface area (Å²) in [5.74, 6) is -0.945. The molecular formula is C22H40N4O4. The van der Waals surface area contributed by atoms with Gasteiger partial charge in [-0.25, -0.2) is 0 Å². The minimum Gasteiger partial charge on any atom is -0.370 e. The van der Waals surface area contributed by atoms with Gasteiger partial charge in [0.1, 0.15) is 12.1 Å². The summed E-state index contributed by atoms with van der Waals surface area (Å²) in [7, 11) is 0. The van der Waals surface area contributed by atoms with E-state index in [2.05, 4.69) is 10.3 Å². The number of nitrogens with one attached hydrogen (secondary N) is 1. The molecule has 0 unspecified atom stereocenters. The molecule has 0 saturated carbocycles. The number of ketones is 2. The van der Waals surface area contributed by atoms with Gasteiger partial charge in [-0.15, -0.1) is 0 Å². The van der Waals surface area contributed by atoms with Crippen LogP contribution < -0.4 is 16.8 Å². The fourth-order valence-electron chi connectivity index (χ4n) is 3.41. The molecule has 1 amide bonds. The summed E-state index contributed by atoms with van der Waals surface area (Å²) in [6.45, 7) is 9.80. The van der Waals surface area contributed by atoms with E-state index in [0.717, 1.165) is 6.29 Å². The molecule has 0 bridgehead atoms. The lowest BCUT2D eigenvalue weighted by Crippen LogP contribution is -2.45. The van der Waals surface area contributed by atoms with Crippen molar-refractivity contribution in [2.75, 3.05) is 6.54 Å². The Balaban J connectivity index is 5.10. The van der Waals surface area contributed by atoms with Crippen LogP contribution in [0, 0.1) is 23.7 Å². The van der Waals surface area contributed by atoms with E-state index in [1.165, 1.54) is 6.92 Å². The van der Waals surface area contributed by atoms with Crippen molar-refractivity contribution in [1.29, 1.82) is 0 Å². The van der Waals surface area contributed by atoms with Crippen LogP contribution in [0.4, 0.5) is 0 Å². The lowest BCUT2D eigenvalue weighted by Gasteiger charge is -2.24. The molecule has 0 rings (SSSR count). The summed E-state index contributed by atoms with van der Waals surface area (Å²) >= 11 is 0. The number of nitrogens with two attached hydrogens (primary N) is 2. The Morgan fingerprint density at radius 3 is 2.07 bits per heavy atom. The number of nitrogens with zero attached hydrogens (tertiary/aromatic N) is 1. The largest absolute Gasteiger partial charge is 0.370 e. The summed E-state index contributed by atoms with van der Waals surface area (Å²) in [6.07, 6.45) is 3.14. The fraction of sp³-hybridized carbons (Fsp3) is 0.773. The molecule has 172 valence electrons. The van der Waals surface area contributed by atoms with Gasteiger partial charge >= 0.3 is 0 Å². The first kappa shape index (κ1) is 27.8. The number of Topliss-reactive ketones (excluding diaryl/α,β-unsaturated/α-hetero) is 2. The first-order valence-electron chi connectivity index (χ1n) is 10.8. The Morgan fingerprint density at radius 2 is 1.60 bits per heavy atom. The molecular weight excluding hydrogens is 384 g/mol. The van der Waals surface area contributed by atoms with E-state index in [0.29, 0.717) is 32.2 Å². The topological polar surface area (TPSA) is 145 Å². The number of guanidine groups is 1. The third kappa shape index (κ3) is 13.1. The Labute approximate surface area is 180 Å². The SMILES string of the molecule is CC(=O)C[C@@H](CC(C)C)C(=O)N[C@@H](CC(C)C)C(=O)C[C@H](C=O)CCCN=C(N)N. The van der Waals surface area contributed by atoms with Crippen molar-refractivity contribution in [3.8, 4) is 0 Å². The van der Waals surface area contributed by atoms with E-state index >= 15 is 0 Å². The fourth-order valence-corrected chi connectivity index (χ4v) is 3.41. The van der Waals surface area contributed by atoms with Crippen LogP contribution >= 0.6 is 0 Å². The highest BCUT2D eigenvalue weighted by atomic mass is 16.2. The second kappa shape index (κ2) is 14.7. The number of hydrogen-bond acceptors (Lipinski definition) is 5. The van der Waals surface area contributed by atoms with Gasteiger partial charge in [0.2, 0.25) is 5.91 Å². The van der Waals surface area contributed by atoms with Gasteiger partial charge < -0.3 is 26.4 Å². The van der Waals surface area contributed by atoms with Crippen molar-refractivity contribution in [2.45, 2.75) is 79.2 Å². The predicted molar refractivity (Wildman–Crippen MR) is 119 cm³/mol. The normalized spacial score (nSPS) is 14.1. The van der Waals surface area contributed by atoms with Gasteiger partial charge in [0.15, 0.2) is 11.7 Å². The zero-order valence-electron chi connectivity index (χ0n) is 19.1. The van der Waals surface area contributed by atoms with E-state index in [-0.39, 0.29) is 48.1 Å². The van der Waals surface area contributed by atoms with Crippen molar-refractivity contribution in [3.63, 3.8) is 0 Å². The molecule has 0 aromatic rings. The third-order valence-corrected chi connectivity index (χ3v) is 4.76. The maximum Gasteiger partial charge on any atom is 0.224 e. The Bertz CT molecular complexity index is 598. The Kier molecular flexibility index (Phi) is 13.6. The summed E-state index contributed by atoms with van der Waals surface area (Å²) in [5.41, 5.74) is 10.6. The lowest BCUT2D eigenvalue weighted by molar-refractivity contribution is -0.133. The molecule has 0 aliphatic rings. The van der Waals surface area contributed by atoms with Crippen molar-refractivity contribution < 1.29 is 19.2 Å². The number of aldehydes is 1. The highest BCUT2D eigenvalue weighted by Gasteiger charge is 2.28. The van der Waals surface area contributed by atoms with Gasteiger partial charge in [0.05, 0.1) is 6.04 Å². The van der Waals surface area contributed by atoms with Crippen LogP contribution in [-0.4, -0.2) is 42.3 Å². The van der Waals surface area contributed by atoms with Crippen LogP contribution in [0.15, 0.2) is 4.99 Å². The maximum absolute atomic E-state index is 12.9. The van der Waals surface area contributed by atoms with Gasteiger partial charge in [-0.1, -0.05) is 27.7 Å². The average Bonchev–Trinajstić information content (AvgIpc) is 2.61. The minimum atomic E-state index is -0.667. The lowest BCUT2D eigenvalue weighted by atomic mass is 9.89. The number of rotatable bonds is 16. The monoisotopic (exact) mass is 424 g/mol. The molecule has 8 nitrogen and oxygen atoms in total. The quantitative estimate of drug-likeness (QED) is 0.149. The molecule has 8 heteroatoms. The zero-order valence-corrected chi connectivity index (χ0v) is 19.1. The van der Waals surface area contributed by atoms with Crippen molar-refractivity contribution in [2.24, 2.45) is 40.1 Å². The van der Waals surface area contributed by atoms with Gasteiger partial charge in [-0.2, -0.15) is 0 Å². The molecule has 0 radical (unpaired) electrons. The molecule has 0 fully saturated rings. The van der Waals surface area contributed by atoms with Crippen LogP contribution in [-0.2, 0) is 19.2 Å². The van der Waals surface area contributed by atoms with Crippen molar-refractivity contribution in [3.05, 3.63) is 0 Å². The summed E-state index contributed by atoms with van der Waals surface area (Å²) in [6, 6.07) is -0.667. The average molecular weight is 425 g/mol. The number of carbonyl (C=O) groups is 4. The van der Waals surface area contributed by atoms with Crippen LogP contribution in [0.3, 0.4) is 0 Å².